The molecule has 0 saturated carbocycles. The summed E-state index contributed by atoms with van der Waals surface area (Å²) in [7, 11) is -1.92. The Morgan fingerprint density at radius 1 is 1.07 bits per heavy atom. The van der Waals surface area contributed by atoms with Crippen LogP contribution in [-0.4, -0.2) is 51.9 Å². The van der Waals surface area contributed by atoms with E-state index in [0.717, 1.165) is 5.56 Å². The fourth-order valence-electron chi connectivity index (χ4n) is 2.97. The summed E-state index contributed by atoms with van der Waals surface area (Å²) in [6, 6.07) is 11.4. The number of benzene rings is 2. The molecule has 1 aliphatic heterocycles. The van der Waals surface area contributed by atoms with Crippen LogP contribution < -0.4 is 15.4 Å². The van der Waals surface area contributed by atoms with Gasteiger partial charge in [0.05, 0.1) is 12.0 Å². The van der Waals surface area contributed by atoms with E-state index in [1.54, 1.807) is 37.4 Å². The number of sulfonamides is 1. The van der Waals surface area contributed by atoms with E-state index >= 15 is 0 Å². The Labute approximate surface area is 173 Å². The fourth-order valence-corrected chi connectivity index (χ4v) is 4.41. The van der Waals surface area contributed by atoms with Crippen molar-refractivity contribution in [1.29, 1.82) is 0 Å². The van der Waals surface area contributed by atoms with E-state index in [-0.39, 0.29) is 10.8 Å². The van der Waals surface area contributed by atoms with Crippen molar-refractivity contribution in [3.05, 3.63) is 53.6 Å². The number of piperazine rings is 1. The zero-order valence-electron chi connectivity index (χ0n) is 17.4. The number of carbonyl (C=O) groups excluding carboxylic acids is 1. The minimum absolute atomic E-state index is 0.225. The third-order valence-corrected chi connectivity index (χ3v) is 6.40. The van der Waals surface area contributed by atoms with Crippen LogP contribution in [0, 0.1) is 6.92 Å². The molecule has 0 spiro atoms. The number of anilines is 1. The number of ether oxygens (including phenoxy) is 1. The van der Waals surface area contributed by atoms with E-state index in [1.165, 1.54) is 16.4 Å². The number of nitrogens with one attached hydrogen (secondary N) is 2. The molecule has 0 atom stereocenters. The Morgan fingerprint density at radius 3 is 2.24 bits per heavy atom. The number of methoxy groups -OCH3 is 1. The van der Waals surface area contributed by atoms with Crippen molar-refractivity contribution in [2.45, 2.75) is 25.7 Å². The first-order chi connectivity index (χ1) is 13.9. The van der Waals surface area contributed by atoms with Gasteiger partial charge in [-0.15, -0.1) is 0 Å². The number of rotatable bonds is 5. The molecular weight excluding hydrogens is 390 g/mol. The first kappa shape index (κ1) is 22.9. The molecule has 0 radical (unpaired) electrons. The van der Waals surface area contributed by atoms with Gasteiger partial charge < -0.3 is 15.4 Å². The summed E-state index contributed by atoms with van der Waals surface area (Å²) in [6.45, 7) is 8.07. The van der Waals surface area contributed by atoms with Crippen molar-refractivity contribution in [2.24, 2.45) is 0 Å². The third-order valence-electron chi connectivity index (χ3n) is 4.48. The standard InChI is InChI=1S/C19H23N3O4S.C2H6/c1-14-13-15(3-8-18(14)26-2)19(23)21-16-4-6-17(7-5-16)27(24,25)22-11-9-20-10-12-22;1-2/h3-8,13,20H,9-12H2,1-2H3,(H,21,23);1-2H3. The zero-order valence-corrected chi connectivity index (χ0v) is 18.2. The van der Waals surface area contributed by atoms with Crippen LogP contribution in [0.4, 0.5) is 5.69 Å². The van der Waals surface area contributed by atoms with Gasteiger partial charge in [0, 0.05) is 37.4 Å². The molecule has 158 valence electrons. The first-order valence-corrected chi connectivity index (χ1v) is 11.1. The van der Waals surface area contributed by atoms with Gasteiger partial charge in [0.25, 0.3) is 5.91 Å². The van der Waals surface area contributed by atoms with E-state index < -0.39 is 10.0 Å². The molecular formula is C21H29N3O4S. The van der Waals surface area contributed by atoms with E-state index in [0.29, 0.717) is 43.2 Å². The van der Waals surface area contributed by atoms with Crippen LogP contribution in [0.5, 0.6) is 5.75 Å². The molecule has 1 aliphatic rings. The second-order valence-corrected chi connectivity index (χ2v) is 8.25. The topological polar surface area (TPSA) is 87.7 Å². The highest BCUT2D eigenvalue weighted by molar-refractivity contribution is 7.89. The van der Waals surface area contributed by atoms with E-state index in [9.17, 15) is 13.2 Å². The maximum absolute atomic E-state index is 12.6. The van der Waals surface area contributed by atoms with Crippen LogP contribution in [0.25, 0.3) is 0 Å². The summed E-state index contributed by atoms with van der Waals surface area (Å²) in [5, 5.41) is 5.92. The van der Waals surface area contributed by atoms with Crippen molar-refractivity contribution in [1.82, 2.24) is 9.62 Å². The largest absolute Gasteiger partial charge is 0.496 e. The predicted molar refractivity (Wildman–Crippen MR) is 115 cm³/mol. The number of nitrogens with zero attached hydrogens (tertiary/aromatic N) is 1. The fraction of sp³-hybridized carbons (Fsp3) is 0.381. The normalized spacial score (nSPS) is 14.5. The van der Waals surface area contributed by atoms with Crippen molar-refractivity contribution >= 4 is 21.6 Å². The summed E-state index contributed by atoms with van der Waals surface area (Å²) in [4.78, 5) is 12.6. The Hall–Kier alpha value is -2.42. The van der Waals surface area contributed by atoms with Crippen LogP contribution in [0.1, 0.15) is 29.8 Å². The van der Waals surface area contributed by atoms with E-state index in [2.05, 4.69) is 10.6 Å². The summed E-state index contributed by atoms with van der Waals surface area (Å²) in [6.07, 6.45) is 0. The summed E-state index contributed by atoms with van der Waals surface area (Å²) in [5.41, 5.74) is 1.90. The highest BCUT2D eigenvalue weighted by Crippen LogP contribution is 2.21. The van der Waals surface area contributed by atoms with Gasteiger partial charge in [0.1, 0.15) is 5.75 Å². The monoisotopic (exact) mass is 419 g/mol. The number of amides is 1. The molecule has 0 unspecified atom stereocenters. The van der Waals surface area contributed by atoms with Crippen molar-refractivity contribution < 1.29 is 17.9 Å². The molecule has 0 bridgehead atoms. The lowest BCUT2D eigenvalue weighted by atomic mass is 10.1. The Bertz CT molecular complexity index is 921. The van der Waals surface area contributed by atoms with Gasteiger partial charge in [-0.05, 0) is 55.0 Å². The quantitative estimate of drug-likeness (QED) is 0.778. The molecule has 1 amide bonds. The molecule has 1 saturated heterocycles. The van der Waals surface area contributed by atoms with Gasteiger partial charge in [0.2, 0.25) is 10.0 Å². The van der Waals surface area contributed by atoms with Crippen LogP contribution in [-0.2, 0) is 10.0 Å². The molecule has 1 heterocycles. The molecule has 3 rings (SSSR count). The first-order valence-electron chi connectivity index (χ1n) is 9.69. The van der Waals surface area contributed by atoms with Gasteiger partial charge in [-0.3, -0.25) is 4.79 Å². The Morgan fingerprint density at radius 2 is 1.69 bits per heavy atom. The number of aryl methyl sites for hydroxylation is 1. The number of hydrogen-bond acceptors (Lipinski definition) is 5. The molecule has 7 nitrogen and oxygen atoms in total. The average molecular weight is 420 g/mol. The van der Waals surface area contributed by atoms with E-state index in [4.69, 9.17) is 4.74 Å². The highest BCUT2D eigenvalue weighted by Gasteiger charge is 2.25. The van der Waals surface area contributed by atoms with Gasteiger partial charge in [-0.25, -0.2) is 8.42 Å². The number of hydrogen-bond donors (Lipinski definition) is 2. The molecule has 29 heavy (non-hydrogen) atoms. The molecule has 8 heteroatoms. The lowest BCUT2D eigenvalue weighted by Crippen LogP contribution is -2.46. The van der Waals surface area contributed by atoms with Gasteiger partial charge in [0.15, 0.2) is 0 Å². The zero-order chi connectivity index (χ0) is 21.4. The summed E-state index contributed by atoms with van der Waals surface area (Å²) >= 11 is 0. The number of carbonyl (C=O) groups is 1. The van der Waals surface area contributed by atoms with Crippen molar-refractivity contribution in [3.63, 3.8) is 0 Å². The second-order valence-electron chi connectivity index (χ2n) is 6.32. The van der Waals surface area contributed by atoms with E-state index in [1.807, 2.05) is 20.8 Å². The Balaban J connectivity index is 0.00000145. The van der Waals surface area contributed by atoms with Crippen molar-refractivity contribution in [3.8, 4) is 5.75 Å². The lowest BCUT2D eigenvalue weighted by Gasteiger charge is -2.26. The highest BCUT2D eigenvalue weighted by atomic mass is 32.2. The summed E-state index contributed by atoms with van der Waals surface area (Å²) in [5.74, 6) is 0.451. The molecule has 0 aromatic heterocycles. The molecule has 1 fully saturated rings. The molecule has 2 aromatic carbocycles. The Kier molecular flexibility index (Phi) is 8.19. The van der Waals surface area contributed by atoms with Crippen LogP contribution in [0.3, 0.4) is 0 Å². The molecule has 2 N–H and O–H groups in total. The lowest BCUT2D eigenvalue weighted by molar-refractivity contribution is 0.102. The maximum atomic E-state index is 12.6. The second kappa shape index (κ2) is 10.4. The minimum atomic E-state index is -3.51. The van der Waals surface area contributed by atoms with Gasteiger partial charge in [-0.1, -0.05) is 13.8 Å². The average Bonchev–Trinajstić information content (AvgIpc) is 2.76. The SMILES string of the molecule is CC.COc1ccc(C(=O)Nc2ccc(S(=O)(=O)N3CCNCC3)cc2)cc1C. The third kappa shape index (κ3) is 5.56. The van der Waals surface area contributed by atoms with Crippen LogP contribution in [0.15, 0.2) is 47.4 Å². The van der Waals surface area contributed by atoms with Crippen LogP contribution in [0.2, 0.25) is 0 Å². The summed E-state index contributed by atoms with van der Waals surface area (Å²) < 4.78 is 31.9. The van der Waals surface area contributed by atoms with Crippen molar-refractivity contribution in [2.75, 3.05) is 38.6 Å². The maximum Gasteiger partial charge on any atom is 0.255 e. The van der Waals surface area contributed by atoms with Gasteiger partial charge in [-0.2, -0.15) is 4.31 Å². The predicted octanol–water partition coefficient (Wildman–Crippen LogP) is 2.88. The van der Waals surface area contributed by atoms with Crippen LogP contribution >= 0.6 is 0 Å². The van der Waals surface area contributed by atoms with Gasteiger partial charge >= 0.3 is 0 Å². The molecule has 2 aromatic rings. The smallest absolute Gasteiger partial charge is 0.255 e. The molecule has 0 aliphatic carbocycles. The minimum Gasteiger partial charge on any atom is -0.496 e.